The number of nitrogens with zero attached hydrogens (tertiary/aromatic N) is 2. The highest BCUT2D eigenvalue weighted by molar-refractivity contribution is 6.51. The maximum atomic E-state index is 11.4. The van der Waals surface area contributed by atoms with E-state index in [4.69, 9.17) is 21.3 Å². The van der Waals surface area contributed by atoms with Gasteiger partial charge in [0, 0.05) is 0 Å². The molecule has 0 unspecified atom stereocenters. The summed E-state index contributed by atoms with van der Waals surface area (Å²) in [6, 6.07) is 3.83. The Bertz CT molecular complexity index is 555. The van der Waals surface area contributed by atoms with Crippen molar-refractivity contribution in [1.29, 1.82) is 5.26 Å². The molecular formula is C10H7ClN2O5. The lowest BCUT2D eigenvalue weighted by molar-refractivity contribution is -0.402. The van der Waals surface area contributed by atoms with Gasteiger partial charge >= 0.3 is 11.9 Å². The van der Waals surface area contributed by atoms with E-state index in [1.54, 1.807) is 13.0 Å². The van der Waals surface area contributed by atoms with Gasteiger partial charge in [-0.3, -0.25) is 10.1 Å². The Morgan fingerprint density at radius 3 is 2.78 bits per heavy atom. The summed E-state index contributed by atoms with van der Waals surface area (Å²) in [6.07, 6.45) is 0. The predicted molar refractivity (Wildman–Crippen MR) is 60.4 cm³/mol. The van der Waals surface area contributed by atoms with Gasteiger partial charge in [-0.2, -0.15) is 5.26 Å². The van der Waals surface area contributed by atoms with Crippen LogP contribution in [0.2, 0.25) is 0 Å². The molecule has 0 bridgehead atoms. The van der Waals surface area contributed by atoms with Crippen molar-refractivity contribution in [2.75, 3.05) is 6.61 Å². The zero-order valence-electron chi connectivity index (χ0n) is 9.18. The summed E-state index contributed by atoms with van der Waals surface area (Å²) in [5, 5.41) is 18.9. The Morgan fingerprint density at radius 2 is 2.33 bits per heavy atom. The number of ether oxygens (including phenoxy) is 1. The van der Waals surface area contributed by atoms with Crippen LogP contribution in [0.15, 0.2) is 22.1 Å². The molecule has 0 aliphatic rings. The Balaban J connectivity index is 3.15. The van der Waals surface area contributed by atoms with E-state index >= 15 is 0 Å². The zero-order chi connectivity index (χ0) is 13.7. The molecule has 0 atom stereocenters. The molecule has 0 radical (unpaired) electrons. The van der Waals surface area contributed by atoms with Gasteiger partial charge in [0.25, 0.3) is 0 Å². The van der Waals surface area contributed by atoms with Crippen LogP contribution in [0.1, 0.15) is 12.7 Å². The summed E-state index contributed by atoms with van der Waals surface area (Å²) in [6.45, 7) is 1.64. The smallest absolute Gasteiger partial charge is 0.433 e. The fourth-order valence-electron chi connectivity index (χ4n) is 1.05. The van der Waals surface area contributed by atoms with E-state index in [9.17, 15) is 14.9 Å². The summed E-state index contributed by atoms with van der Waals surface area (Å²) in [5.74, 6) is -1.60. The maximum absolute atomic E-state index is 11.4. The summed E-state index contributed by atoms with van der Waals surface area (Å²) in [7, 11) is 0. The predicted octanol–water partition coefficient (Wildman–Crippen LogP) is 2.22. The summed E-state index contributed by atoms with van der Waals surface area (Å²) >= 11 is 5.76. The van der Waals surface area contributed by atoms with E-state index in [-0.39, 0.29) is 17.4 Å². The van der Waals surface area contributed by atoms with Crippen LogP contribution in [0.3, 0.4) is 0 Å². The number of rotatable bonds is 4. The fraction of sp³-hybridized carbons (Fsp3) is 0.200. The number of furan rings is 1. The summed E-state index contributed by atoms with van der Waals surface area (Å²) in [5.41, 5.74) is -0.470. The first-order chi connectivity index (χ1) is 8.51. The molecule has 0 aliphatic heterocycles. The second-order valence-corrected chi connectivity index (χ2v) is 3.29. The van der Waals surface area contributed by atoms with Crippen LogP contribution in [-0.4, -0.2) is 17.5 Å². The number of hydrogen-bond acceptors (Lipinski definition) is 6. The van der Waals surface area contributed by atoms with Crippen LogP contribution in [0, 0.1) is 21.4 Å². The number of hydrogen-bond donors (Lipinski definition) is 0. The Labute approximate surface area is 106 Å². The molecule has 0 spiro atoms. The zero-order valence-corrected chi connectivity index (χ0v) is 9.93. The van der Waals surface area contributed by atoms with Gasteiger partial charge in [0.05, 0.1) is 12.7 Å². The molecule has 0 aliphatic carbocycles. The molecule has 0 fully saturated rings. The third-order valence-corrected chi connectivity index (χ3v) is 2.17. The fourth-order valence-corrected chi connectivity index (χ4v) is 1.28. The molecular weight excluding hydrogens is 264 g/mol. The monoisotopic (exact) mass is 270 g/mol. The van der Waals surface area contributed by atoms with Crippen molar-refractivity contribution in [2.24, 2.45) is 0 Å². The van der Waals surface area contributed by atoms with Crippen LogP contribution >= 0.6 is 11.6 Å². The lowest BCUT2D eigenvalue weighted by Crippen LogP contribution is -2.07. The molecule has 0 saturated heterocycles. The van der Waals surface area contributed by atoms with E-state index in [0.29, 0.717) is 0 Å². The molecule has 8 heteroatoms. The van der Waals surface area contributed by atoms with Crippen molar-refractivity contribution < 1.29 is 18.9 Å². The van der Waals surface area contributed by atoms with Crippen LogP contribution in [0.25, 0.3) is 5.03 Å². The maximum Gasteiger partial charge on any atom is 0.433 e. The average Bonchev–Trinajstić information content (AvgIpc) is 2.79. The summed E-state index contributed by atoms with van der Waals surface area (Å²) in [4.78, 5) is 21.0. The van der Waals surface area contributed by atoms with Crippen LogP contribution < -0.4 is 0 Å². The van der Waals surface area contributed by atoms with Gasteiger partial charge in [-0.25, -0.2) is 4.79 Å². The normalized spacial score (nSPS) is 11.4. The molecule has 94 valence electrons. The molecule has 0 amide bonds. The molecule has 1 heterocycles. The molecule has 0 N–H and O–H groups in total. The van der Waals surface area contributed by atoms with E-state index < -0.39 is 22.3 Å². The van der Waals surface area contributed by atoms with Gasteiger partial charge in [0.1, 0.15) is 16.0 Å². The van der Waals surface area contributed by atoms with Crippen molar-refractivity contribution in [2.45, 2.75) is 6.92 Å². The van der Waals surface area contributed by atoms with E-state index in [0.717, 1.165) is 6.07 Å². The van der Waals surface area contributed by atoms with Gasteiger partial charge in [-0.05, 0) is 13.0 Å². The molecule has 7 nitrogen and oxygen atoms in total. The quantitative estimate of drug-likeness (QED) is 0.273. The van der Waals surface area contributed by atoms with Crippen molar-refractivity contribution >= 4 is 28.5 Å². The van der Waals surface area contributed by atoms with E-state index in [2.05, 4.69) is 4.74 Å². The van der Waals surface area contributed by atoms with Crippen molar-refractivity contribution in [3.05, 3.63) is 33.6 Å². The molecule has 1 rings (SSSR count). The van der Waals surface area contributed by atoms with Gasteiger partial charge in [-0.1, -0.05) is 11.6 Å². The Hall–Kier alpha value is -2.33. The average molecular weight is 271 g/mol. The molecule has 0 aromatic carbocycles. The second kappa shape index (κ2) is 5.84. The number of halogens is 1. The first-order valence-electron chi connectivity index (χ1n) is 4.72. The number of esters is 1. The number of nitriles is 1. The van der Waals surface area contributed by atoms with Gasteiger partial charge in [0.2, 0.25) is 0 Å². The topological polar surface area (TPSA) is 106 Å². The molecule has 0 saturated carbocycles. The summed E-state index contributed by atoms with van der Waals surface area (Å²) < 4.78 is 9.38. The first-order valence-corrected chi connectivity index (χ1v) is 5.10. The van der Waals surface area contributed by atoms with Crippen molar-refractivity contribution in [3.63, 3.8) is 0 Å². The van der Waals surface area contributed by atoms with Gasteiger partial charge < -0.3 is 9.15 Å². The Morgan fingerprint density at radius 1 is 1.67 bits per heavy atom. The Kier molecular flexibility index (Phi) is 4.45. The number of carbonyl (C=O) groups excluding carboxylic acids is 1. The second-order valence-electron chi connectivity index (χ2n) is 2.92. The third kappa shape index (κ3) is 2.87. The standard InChI is InChI=1S/C10H7ClN2O5/c1-2-17-10(14)6(5-12)9(11)7-3-4-8(18-7)13(15)16/h3-4H,2H2,1H3. The highest BCUT2D eigenvalue weighted by Crippen LogP contribution is 2.28. The molecule has 18 heavy (non-hydrogen) atoms. The first kappa shape index (κ1) is 13.7. The molecule has 1 aromatic heterocycles. The number of carbonyl (C=O) groups is 1. The third-order valence-electron chi connectivity index (χ3n) is 1.80. The minimum atomic E-state index is -0.913. The van der Waals surface area contributed by atoms with E-state index in [1.807, 2.05) is 0 Å². The molecule has 1 aromatic rings. The minimum Gasteiger partial charge on any atom is -0.462 e. The minimum absolute atomic E-state index is 0.0759. The van der Waals surface area contributed by atoms with Crippen molar-refractivity contribution in [1.82, 2.24) is 0 Å². The van der Waals surface area contributed by atoms with Gasteiger partial charge in [-0.15, -0.1) is 0 Å². The van der Waals surface area contributed by atoms with Crippen LogP contribution in [-0.2, 0) is 9.53 Å². The highest BCUT2D eigenvalue weighted by atomic mass is 35.5. The van der Waals surface area contributed by atoms with Crippen molar-refractivity contribution in [3.8, 4) is 6.07 Å². The van der Waals surface area contributed by atoms with Gasteiger partial charge in [0.15, 0.2) is 11.3 Å². The lowest BCUT2D eigenvalue weighted by atomic mass is 10.2. The SMILES string of the molecule is CCOC(=O)C(C#N)=C(Cl)c1ccc([N+](=O)[O-])o1. The largest absolute Gasteiger partial charge is 0.462 e. The number of nitro groups is 1. The van der Waals surface area contributed by atoms with E-state index in [1.165, 1.54) is 6.07 Å². The lowest BCUT2D eigenvalue weighted by Gasteiger charge is -2.00. The highest BCUT2D eigenvalue weighted by Gasteiger charge is 2.21. The van der Waals surface area contributed by atoms with Crippen LogP contribution in [0.4, 0.5) is 5.88 Å². The van der Waals surface area contributed by atoms with Crippen LogP contribution in [0.5, 0.6) is 0 Å².